The maximum Gasteiger partial charge on any atom is 0.255 e. The largest absolute Gasteiger partial charge is 0.494 e. The van der Waals surface area contributed by atoms with Crippen LogP contribution in [0.3, 0.4) is 0 Å². The summed E-state index contributed by atoms with van der Waals surface area (Å²) in [6.45, 7) is 5.85. The van der Waals surface area contributed by atoms with Gasteiger partial charge in [-0.05, 0) is 44.9 Å². The van der Waals surface area contributed by atoms with E-state index in [2.05, 4.69) is 20.7 Å². The number of aromatic nitrogens is 3. The Hall–Kier alpha value is -4.40. The van der Waals surface area contributed by atoms with Crippen molar-refractivity contribution in [3.63, 3.8) is 0 Å². The minimum atomic E-state index is -0.281. The molecule has 0 aliphatic heterocycles. The number of carbonyl (C=O) groups excluding carboxylic acids is 2. The molecule has 2 amide bonds. The summed E-state index contributed by atoms with van der Waals surface area (Å²) in [4.78, 5) is 30.1. The molecule has 2 heterocycles. The molecule has 2 N–H and O–H groups in total. The van der Waals surface area contributed by atoms with Gasteiger partial charge in [-0.1, -0.05) is 18.2 Å². The highest BCUT2D eigenvalue weighted by atomic mass is 16.5. The van der Waals surface area contributed by atoms with Crippen LogP contribution in [0.2, 0.25) is 0 Å². The van der Waals surface area contributed by atoms with E-state index in [0.29, 0.717) is 34.9 Å². The standard InChI is InChI=1S/C27H29N5O4/c1-16-13-25-28-17(2)20(18(3)32(25)31-16)11-12-26(33)29-21-14-24(36-5)22(15-23(21)35-4)30-27(34)19-9-7-6-8-10-19/h6-10,13-15H,11-12H2,1-5H3,(H,29,33)(H,30,34). The van der Waals surface area contributed by atoms with Gasteiger partial charge in [-0.25, -0.2) is 9.50 Å². The van der Waals surface area contributed by atoms with Gasteiger partial charge in [-0.15, -0.1) is 0 Å². The first-order chi connectivity index (χ1) is 17.3. The van der Waals surface area contributed by atoms with E-state index in [1.165, 1.54) is 14.2 Å². The Kier molecular flexibility index (Phi) is 7.19. The molecule has 0 spiro atoms. The van der Waals surface area contributed by atoms with Gasteiger partial charge in [0.2, 0.25) is 5.91 Å². The van der Waals surface area contributed by atoms with E-state index in [1.807, 2.05) is 37.4 Å². The van der Waals surface area contributed by atoms with Crippen molar-refractivity contribution in [3.05, 3.63) is 76.7 Å². The number of methoxy groups -OCH3 is 2. The Morgan fingerprint density at radius 3 is 2.19 bits per heavy atom. The molecule has 2 aromatic carbocycles. The molecule has 186 valence electrons. The number of amides is 2. The van der Waals surface area contributed by atoms with Crippen LogP contribution in [0.15, 0.2) is 48.5 Å². The minimum absolute atomic E-state index is 0.188. The van der Waals surface area contributed by atoms with Crippen molar-refractivity contribution in [3.8, 4) is 11.5 Å². The van der Waals surface area contributed by atoms with Crippen molar-refractivity contribution >= 4 is 28.8 Å². The zero-order valence-corrected chi connectivity index (χ0v) is 21.0. The highest BCUT2D eigenvalue weighted by Gasteiger charge is 2.17. The van der Waals surface area contributed by atoms with Gasteiger partial charge in [-0.3, -0.25) is 9.59 Å². The van der Waals surface area contributed by atoms with Crippen LogP contribution in [0, 0.1) is 20.8 Å². The lowest BCUT2D eigenvalue weighted by Crippen LogP contribution is -2.16. The van der Waals surface area contributed by atoms with Crippen LogP contribution in [0.4, 0.5) is 11.4 Å². The summed E-state index contributed by atoms with van der Waals surface area (Å²) in [5.74, 6) is 0.323. The first-order valence-electron chi connectivity index (χ1n) is 11.6. The molecule has 0 radical (unpaired) electrons. The number of ether oxygens (including phenoxy) is 2. The second-order valence-corrected chi connectivity index (χ2v) is 8.44. The van der Waals surface area contributed by atoms with E-state index in [4.69, 9.17) is 9.47 Å². The van der Waals surface area contributed by atoms with Crippen LogP contribution in [0.5, 0.6) is 11.5 Å². The van der Waals surface area contributed by atoms with E-state index in [1.54, 1.807) is 36.4 Å². The van der Waals surface area contributed by atoms with Crippen LogP contribution >= 0.6 is 0 Å². The zero-order chi connectivity index (χ0) is 25.8. The number of benzene rings is 2. The lowest BCUT2D eigenvalue weighted by atomic mass is 10.1. The predicted molar refractivity (Wildman–Crippen MR) is 138 cm³/mol. The fraction of sp³-hybridized carbons (Fsp3) is 0.259. The molecule has 0 atom stereocenters. The van der Waals surface area contributed by atoms with Gasteiger partial charge in [0.25, 0.3) is 5.91 Å². The summed E-state index contributed by atoms with van der Waals surface area (Å²) in [5, 5.41) is 10.2. The first-order valence-corrected chi connectivity index (χ1v) is 11.6. The van der Waals surface area contributed by atoms with Crippen molar-refractivity contribution in [1.82, 2.24) is 14.6 Å². The van der Waals surface area contributed by atoms with E-state index < -0.39 is 0 Å². The molecule has 9 heteroatoms. The van der Waals surface area contributed by atoms with E-state index in [9.17, 15) is 9.59 Å². The molecular formula is C27H29N5O4. The minimum Gasteiger partial charge on any atom is -0.494 e. The van der Waals surface area contributed by atoms with E-state index in [-0.39, 0.29) is 18.2 Å². The third-order valence-corrected chi connectivity index (χ3v) is 5.97. The van der Waals surface area contributed by atoms with Crippen molar-refractivity contribution < 1.29 is 19.1 Å². The zero-order valence-electron chi connectivity index (χ0n) is 21.0. The summed E-state index contributed by atoms with van der Waals surface area (Å²) in [6, 6.07) is 14.1. The highest BCUT2D eigenvalue weighted by Crippen LogP contribution is 2.37. The summed E-state index contributed by atoms with van der Waals surface area (Å²) in [7, 11) is 3.00. The van der Waals surface area contributed by atoms with Gasteiger partial charge >= 0.3 is 0 Å². The van der Waals surface area contributed by atoms with Gasteiger partial charge in [0.15, 0.2) is 5.65 Å². The fourth-order valence-corrected chi connectivity index (χ4v) is 4.13. The maximum absolute atomic E-state index is 12.9. The number of hydrogen-bond acceptors (Lipinski definition) is 6. The second-order valence-electron chi connectivity index (χ2n) is 8.44. The van der Waals surface area contributed by atoms with Crippen molar-refractivity contribution in [1.29, 1.82) is 0 Å². The molecule has 0 aliphatic rings. The third kappa shape index (κ3) is 5.14. The Morgan fingerprint density at radius 1 is 0.917 bits per heavy atom. The Bertz CT molecular complexity index is 1430. The van der Waals surface area contributed by atoms with Crippen LogP contribution < -0.4 is 20.1 Å². The Morgan fingerprint density at radius 2 is 1.56 bits per heavy atom. The van der Waals surface area contributed by atoms with Gasteiger partial charge in [0.1, 0.15) is 11.5 Å². The van der Waals surface area contributed by atoms with Crippen molar-refractivity contribution in [2.24, 2.45) is 0 Å². The average molecular weight is 488 g/mol. The highest BCUT2D eigenvalue weighted by molar-refractivity contribution is 6.05. The molecule has 0 aliphatic carbocycles. The lowest BCUT2D eigenvalue weighted by molar-refractivity contribution is -0.116. The predicted octanol–water partition coefficient (Wildman–Crippen LogP) is 4.50. The Balaban J connectivity index is 1.50. The van der Waals surface area contributed by atoms with Crippen LogP contribution in [0.1, 0.15) is 39.4 Å². The molecule has 4 rings (SSSR count). The number of carbonyl (C=O) groups is 2. The number of aryl methyl sites for hydroxylation is 3. The molecule has 0 unspecified atom stereocenters. The van der Waals surface area contributed by atoms with Crippen LogP contribution in [0.25, 0.3) is 5.65 Å². The maximum atomic E-state index is 12.9. The number of rotatable bonds is 8. The molecule has 4 aromatic rings. The molecule has 36 heavy (non-hydrogen) atoms. The number of anilines is 2. The number of nitrogens with one attached hydrogen (secondary N) is 2. The first kappa shape index (κ1) is 24.7. The summed E-state index contributed by atoms with van der Waals surface area (Å²) >= 11 is 0. The Labute approximate surface area is 209 Å². The van der Waals surface area contributed by atoms with Crippen LogP contribution in [-0.4, -0.2) is 40.6 Å². The lowest BCUT2D eigenvalue weighted by Gasteiger charge is -2.16. The van der Waals surface area contributed by atoms with E-state index in [0.717, 1.165) is 28.3 Å². The number of fused-ring (bicyclic) bond motifs is 1. The monoisotopic (exact) mass is 487 g/mol. The second kappa shape index (κ2) is 10.5. The van der Waals surface area contributed by atoms with Gasteiger partial charge in [0, 0.05) is 41.6 Å². The molecule has 0 bridgehead atoms. The van der Waals surface area contributed by atoms with Crippen LogP contribution in [-0.2, 0) is 11.2 Å². The quantitative estimate of drug-likeness (QED) is 0.379. The van der Waals surface area contributed by atoms with Gasteiger partial charge in [-0.2, -0.15) is 5.10 Å². The molecule has 2 aromatic heterocycles. The van der Waals surface area contributed by atoms with Gasteiger partial charge < -0.3 is 20.1 Å². The average Bonchev–Trinajstić information content (AvgIpc) is 3.25. The SMILES string of the molecule is COc1cc(NC(=O)c2ccccc2)c(OC)cc1NC(=O)CCc1c(C)nc2cc(C)nn2c1C. The molecule has 0 fully saturated rings. The normalized spacial score (nSPS) is 10.8. The molecule has 0 saturated carbocycles. The molecule has 9 nitrogen and oxygen atoms in total. The molecule has 0 saturated heterocycles. The van der Waals surface area contributed by atoms with Crippen molar-refractivity contribution in [2.75, 3.05) is 24.9 Å². The van der Waals surface area contributed by atoms with Gasteiger partial charge in [0.05, 0.1) is 31.3 Å². The number of nitrogens with zero attached hydrogens (tertiary/aromatic N) is 3. The topological polar surface area (TPSA) is 107 Å². The summed E-state index contributed by atoms with van der Waals surface area (Å²) in [6.07, 6.45) is 0.753. The summed E-state index contributed by atoms with van der Waals surface area (Å²) < 4.78 is 12.8. The summed E-state index contributed by atoms with van der Waals surface area (Å²) in [5.41, 5.74) is 5.92. The third-order valence-electron chi connectivity index (χ3n) is 5.97. The molecular weight excluding hydrogens is 458 g/mol. The number of hydrogen-bond donors (Lipinski definition) is 2. The van der Waals surface area contributed by atoms with E-state index >= 15 is 0 Å². The smallest absolute Gasteiger partial charge is 0.255 e. The van der Waals surface area contributed by atoms with Crippen molar-refractivity contribution in [2.45, 2.75) is 33.6 Å². The fourth-order valence-electron chi connectivity index (χ4n) is 4.13.